The smallest absolute Gasteiger partial charge is 0.387 e. The van der Waals surface area contributed by atoms with Gasteiger partial charge in [-0.15, -0.1) is 0 Å². The quantitative estimate of drug-likeness (QED) is 0.379. The first kappa shape index (κ1) is 21.3. The number of phenols is 1. The minimum absolute atomic E-state index is 0.150. The molecule has 170 valence electrons. The second kappa shape index (κ2) is 8.42. The van der Waals surface area contributed by atoms with Crippen LogP contribution in [-0.4, -0.2) is 26.5 Å². The Hall–Kier alpha value is -3.55. The molecule has 5 rings (SSSR count). The SMILES string of the molecule is CCc1nc2c(F)ccc(O)c2c(OC(F)F)c1Cc1ccc(-n2ccc(C3CC3)n2)cc1. The Morgan fingerprint density at radius 1 is 1.12 bits per heavy atom. The summed E-state index contributed by atoms with van der Waals surface area (Å²) in [5, 5.41) is 14.8. The first-order valence-corrected chi connectivity index (χ1v) is 10.9. The summed E-state index contributed by atoms with van der Waals surface area (Å²) in [6.07, 6.45) is 4.90. The normalized spacial score (nSPS) is 13.7. The number of nitrogens with zero attached hydrogens (tertiary/aromatic N) is 3. The number of rotatable bonds is 7. The summed E-state index contributed by atoms with van der Waals surface area (Å²) >= 11 is 0. The maximum Gasteiger partial charge on any atom is 0.387 e. The zero-order valence-corrected chi connectivity index (χ0v) is 17.9. The van der Waals surface area contributed by atoms with Gasteiger partial charge in [-0.1, -0.05) is 19.1 Å². The minimum atomic E-state index is -3.13. The van der Waals surface area contributed by atoms with Crippen LogP contribution in [0.1, 0.15) is 48.2 Å². The number of phenolic OH excluding ortho intramolecular Hbond substituents is 1. The Morgan fingerprint density at radius 2 is 1.88 bits per heavy atom. The molecular formula is C25H22F3N3O2. The standard InChI is InChI=1S/C25H22F3N3O2/c1-2-19-17(24(33-25(27)28)22-21(32)10-9-18(26)23(22)29-19)13-14-3-7-16(8-4-14)31-12-11-20(30-31)15-5-6-15/h3-4,7-12,15,25,32H,2,5-6,13H2,1H3. The molecule has 0 radical (unpaired) electrons. The van der Waals surface area contributed by atoms with Gasteiger partial charge >= 0.3 is 6.61 Å². The summed E-state index contributed by atoms with van der Waals surface area (Å²) in [4.78, 5) is 4.33. The molecular weight excluding hydrogens is 431 g/mol. The topological polar surface area (TPSA) is 60.2 Å². The second-order valence-corrected chi connectivity index (χ2v) is 8.19. The lowest BCUT2D eigenvalue weighted by atomic mass is 9.98. The molecule has 2 heterocycles. The summed E-state index contributed by atoms with van der Waals surface area (Å²) in [5.74, 6) is -0.752. The molecule has 0 aliphatic heterocycles. The van der Waals surface area contributed by atoms with Crippen molar-refractivity contribution in [2.45, 2.75) is 45.1 Å². The number of fused-ring (bicyclic) bond motifs is 1. The van der Waals surface area contributed by atoms with Crippen molar-refractivity contribution in [3.63, 3.8) is 0 Å². The van der Waals surface area contributed by atoms with Crippen molar-refractivity contribution in [1.82, 2.24) is 14.8 Å². The molecule has 33 heavy (non-hydrogen) atoms. The van der Waals surface area contributed by atoms with Gasteiger partial charge in [-0.2, -0.15) is 13.9 Å². The van der Waals surface area contributed by atoms with Crippen LogP contribution in [-0.2, 0) is 12.8 Å². The zero-order chi connectivity index (χ0) is 23.1. The van der Waals surface area contributed by atoms with Gasteiger partial charge in [0.25, 0.3) is 0 Å². The maximum atomic E-state index is 14.4. The number of aromatic hydroxyl groups is 1. The monoisotopic (exact) mass is 453 g/mol. The van der Waals surface area contributed by atoms with Crippen LogP contribution in [0.4, 0.5) is 13.2 Å². The Balaban J connectivity index is 1.54. The van der Waals surface area contributed by atoms with Gasteiger partial charge in [0.1, 0.15) is 22.8 Å². The van der Waals surface area contributed by atoms with Crippen molar-refractivity contribution in [1.29, 1.82) is 0 Å². The molecule has 5 nitrogen and oxygen atoms in total. The van der Waals surface area contributed by atoms with Gasteiger partial charge in [0.15, 0.2) is 0 Å². The van der Waals surface area contributed by atoms with Gasteiger partial charge in [-0.25, -0.2) is 14.1 Å². The van der Waals surface area contributed by atoms with E-state index >= 15 is 0 Å². The summed E-state index contributed by atoms with van der Waals surface area (Å²) in [7, 11) is 0. The predicted octanol–water partition coefficient (Wildman–Crippen LogP) is 5.90. The van der Waals surface area contributed by atoms with Crippen LogP contribution in [0.5, 0.6) is 11.5 Å². The molecule has 0 bridgehead atoms. The van der Waals surface area contributed by atoms with E-state index in [9.17, 15) is 18.3 Å². The lowest BCUT2D eigenvalue weighted by Crippen LogP contribution is -2.10. The van der Waals surface area contributed by atoms with Crippen molar-refractivity contribution in [3.8, 4) is 17.2 Å². The highest BCUT2D eigenvalue weighted by Crippen LogP contribution is 2.40. The number of pyridine rings is 1. The van der Waals surface area contributed by atoms with E-state index in [1.807, 2.05) is 48.1 Å². The van der Waals surface area contributed by atoms with Crippen LogP contribution in [0.2, 0.25) is 0 Å². The highest BCUT2D eigenvalue weighted by molar-refractivity contribution is 5.92. The van der Waals surface area contributed by atoms with E-state index in [1.54, 1.807) is 0 Å². The number of alkyl halides is 2. The van der Waals surface area contributed by atoms with Crippen LogP contribution in [0.25, 0.3) is 16.6 Å². The molecule has 0 saturated heterocycles. The molecule has 1 saturated carbocycles. The molecule has 4 aromatic rings. The third-order valence-electron chi connectivity index (χ3n) is 5.93. The van der Waals surface area contributed by atoms with Gasteiger partial charge in [-0.05, 0) is 55.2 Å². The maximum absolute atomic E-state index is 14.4. The summed E-state index contributed by atoms with van der Waals surface area (Å²) < 4.78 is 47.7. The first-order valence-electron chi connectivity index (χ1n) is 10.9. The summed E-state index contributed by atoms with van der Waals surface area (Å²) in [6, 6.07) is 11.8. The van der Waals surface area contributed by atoms with E-state index in [0.29, 0.717) is 23.6 Å². The van der Waals surface area contributed by atoms with Gasteiger partial charge < -0.3 is 9.84 Å². The van der Waals surface area contributed by atoms with Crippen molar-refractivity contribution in [2.24, 2.45) is 0 Å². The van der Waals surface area contributed by atoms with E-state index in [-0.39, 0.29) is 28.8 Å². The number of halogens is 3. The molecule has 1 fully saturated rings. The number of hydrogen-bond acceptors (Lipinski definition) is 4. The van der Waals surface area contributed by atoms with Crippen molar-refractivity contribution in [2.75, 3.05) is 0 Å². The summed E-state index contributed by atoms with van der Waals surface area (Å²) in [5.41, 5.74) is 3.46. The Kier molecular flexibility index (Phi) is 5.44. The molecule has 1 N–H and O–H groups in total. The van der Waals surface area contributed by atoms with Crippen LogP contribution in [0.15, 0.2) is 48.7 Å². The fraction of sp³-hybridized carbons (Fsp3) is 0.280. The highest BCUT2D eigenvalue weighted by atomic mass is 19.3. The van der Waals surface area contributed by atoms with Crippen LogP contribution in [0.3, 0.4) is 0 Å². The lowest BCUT2D eigenvalue weighted by Gasteiger charge is -2.18. The molecule has 1 aliphatic rings. The minimum Gasteiger partial charge on any atom is -0.507 e. The fourth-order valence-corrected chi connectivity index (χ4v) is 4.12. The van der Waals surface area contributed by atoms with E-state index < -0.39 is 12.4 Å². The molecule has 0 atom stereocenters. The van der Waals surface area contributed by atoms with Gasteiger partial charge in [0.05, 0.1) is 16.8 Å². The zero-order valence-electron chi connectivity index (χ0n) is 17.9. The molecule has 1 aliphatic carbocycles. The van der Waals surface area contributed by atoms with Crippen molar-refractivity contribution in [3.05, 3.63) is 77.0 Å². The van der Waals surface area contributed by atoms with Gasteiger partial charge in [-0.3, -0.25) is 0 Å². The number of aromatic nitrogens is 3. The number of hydrogen-bond donors (Lipinski definition) is 1. The molecule has 0 amide bonds. The first-order chi connectivity index (χ1) is 15.9. The molecule has 2 aromatic carbocycles. The van der Waals surface area contributed by atoms with Crippen LogP contribution in [0, 0.1) is 5.82 Å². The Labute approximate surface area is 188 Å². The van der Waals surface area contributed by atoms with E-state index in [1.165, 1.54) is 12.8 Å². The van der Waals surface area contributed by atoms with Gasteiger partial charge in [0, 0.05) is 29.8 Å². The lowest BCUT2D eigenvalue weighted by molar-refractivity contribution is -0.0494. The number of benzene rings is 2. The van der Waals surface area contributed by atoms with Crippen molar-refractivity contribution < 1.29 is 23.0 Å². The van der Waals surface area contributed by atoms with E-state index in [4.69, 9.17) is 4.74 Å². The highest BCUT2D eigenvalue weighted by Gasteiger charge is 2.26. The van der Waals surface area contributed by atoms with E-state index in [2.05, 4.69) is 10.1 Å². The number of aryl methyl sites for hydroxylation is 1. The van der Waals surface area contributed by atoms with Crippen LogP contribution < -0.4 is 4.74 Å². The van der Waals surface area contributed by atoms with Crippen molar-refractivity contribution >= 4 is 10.9 Å². The van der Waals surface area contributed by atoms with Crippen LogP contribution >= 0.6 is 0 Å². The summed E-state index contributed by atoms with van der Waals surface area (Å²) in [6.45, 7) is -1.33. The molecule has 2 aromatic heterocycles. The molecule has 8 heteroatoms. The predicted molar refractivity (Wildman–Crippen MR) is 118 cm³/mol. The largest absolute Gasteiger partial charge is 0.507 e. The Morgan fingerprint density at radius 3 is 2.55 bits per heavy atom. The third-order valence-corrected chi connectivity index (χ3v) is 5.93. The Bertz CT molecular complexity index is 1310. The average molecular weight is 453 g/mol. The fourth-order valence-electron chi connectivity index (χ4n) is 4.12. The average Bonchev–Trinajstić information content (AvgIpc) is 3.54. The number of ether oxygens (including phenoxy) is 1. The third kappa shape index (κ3) is 4.13. The molecule has 0 unspecified atom stereocenters. The molecule has 0 spiro atoms. The van der Waals surface area contributed by atoms with Gasteiger partial charge in [0.2, 0.25) is 0 Å². The van der Waals surface area contributed by atoms with E-state index in [0.717, 1.165) is 29.1 Å². The second-order valence-electron chi connectivity index (χ2n) is 8.19.